The Balaban J connectivity index is 1.99. The molecule has 0 saturated carbocycles. The first kappa shape index (κ1) is 13.7. The molecule has 1 unspecified atom stereocenters. The van der Waals surface area contributed by atoms with Gasteiger partial charge in [-0.2, -0.15) is 5.10 Å². The molecule has 0 spiro atoms. The van der Waals surface area contributed by atoms with Crippen LogP contribution in [-0.2, 0) is 13.5 Å². The lowest BCUT2D eigenvalue weighted by molar-refractivity contribution is 0.149. The van der Waals surface area contributed by atoms with Crippen molar-refractivity contribution in [3.8, 4) is 0 Å². The third kappa shape index (κ3) is 3.61. The van der Waals surface area contributed by atoms with Crippen LogP contribution in [0.25, 0.3) is 0 Å². The van der Waals surface area contributed by atoms with Gasteiger partial charge in [0, 0.05) is 18.8 Å². The van der Waals surface area contributed by atoms with Crippen LogP contribution in [-0.4, -0.2) is 14.9 Å². The van der Waals surface area contributed by atoms with Gasteiger partial charge in [0.05, 0.1) is 12.3 Å². The van der Waals surface area contributed by atoms with Gasteiger partial charge in [0.15, 0.2) is 0 Å². The Morgan fingerprint density at radius 3 is 2.68 bits per heavy atom. The standard InChI is InChI=1S/C14H16F2N2O/c1-18-9-10(8-17-18)5-6-13(19)11-3-2-4-12(7-11)14(15)16/h2-4,7-9,13-14,19H,5-6H2,1H3. The van der Waals surface area contributed by atoms with E-state index in [-0.39, 0.29) is 5.56 Å². The number of rotatable bonds is 5. The molecule has 0 bridgehead atoms. The highest BCUT2D eigenvalue weighted by Gasteiger charge is 2.12. The number of aliphatic hydroxyl groups excluding tert-OH is 1. The topological polar surface area (TPSA) is 38.0 Å². The zero-order chi connectivity index (χ0) is 13.8. The van der Waals surface area contributed by atoms with E-state index in [9.17, 15) is 13.9 Å². The predicted octanol–water partition coefficient (Wildman–Crippen LogP) is 3.02. The average Bonchev–Trinajstić information content (AvgIpc) is 2.82. The highest BCUT2D eigenvalue weighted by Crippen LogP contribution is 2.24. The fraction of sp³-hybridized carbons (Fsp3) is 0.357. The van der Waals surface area contributed by atoms with Gasteiger partial charge < -0.3 is 5.11 Å². The molecule has 5 heteroatoms. The SMILES string of the molecule is Cn1cc(CCC(O)c2cccc(C(F)F)c2)cn1. The summed E-state index contributed by atoms with van der Waals surface area (Å²) in [6, 6.07) is 5.94. The van der Waals surface area contributed by atoms with Crippen LogP contribution in [0.4, 0.5) is 8.78 Å². The van der Waals surface area contributed by atoms with E-state index in [0.717, 1.165) is 5.56 Å². The number of aliphatic hydroxyl groups is 1. The van der Waals surface area contributed by atoms with E-state index >= 15 is 0 Å². The Bertz CT molecular complexity index is 540. The van der Waals surface area contributed by atoms with Crippen molar-refractivity contribution in [2.75, 3.05) is 0 Å². The van der Waals surface area contributed by atoms with Gasteiger partial charge in [-0.25, -0.2) is 8.78 Å². The second-order valence-corrected chi connectivity index (χ2v) is 4.55. The van der Waals surface area contributed by atoms with Crippen LogP contribution < -0.4 is 0 Å². The lowest BCUT2D eigenvalue weighted by atomic mass is 10.0. The van der Waals surface area contributed by atoms with Gasteiger partial charge >= 0.3 is 0 Å². The molecule has 0 fully saturated rings. The van der Waals surface area contributed by atoms with Gasteiger partial charge in [0.2, 0.25) is 0 Å². The molecule has 1 heterocycles. The number of aromatic nitrogens is 2. The van der Waals surface area contributed by atoms with Crippen LogP contribution in [0.2, 0.25) is 0 Å². The smallest absolute Gasteiger partial charge is 0.263 e. The van der Waals surface area contributed by atoms with E-state index in [2.05, 4.69) is 5.10 Å². The van der Waals surface area contributed by atoms with Crippen molar-refractivity contribution >= 4 is 0 Å². The summed E-state index contributed by atoms with van der Waals surface area (Å²) in [4.78, 5) is 0. The first-order valence-corrected chi connectivity index (χ1v) is 6.10. The van der Waals surface area contributed by atoms with Crippen molar-refractivity contribution in [2.45, 2.75) is 25.4 Å². The van der Waals surface area contributed by atoms with Gasteiger partial charge in [0.1, 0.15) is 0 Å². The molecule has 1 atom stereocenters. The predicted molar refractivity (Wildman–Crippen MR) is 67.9 cm³/mol. The maximum atomic E-state index is 12.6. The lowest BCUT2D eigenvalue weighted by Gasteiger charge is -2.11. The molecule has 0 aliphatic carbocycles. The Hall–Kier alpha value is -1.75. The average molecular weight is 266 g/mol. The van der Waals surface area contributed by atoms with Crippen LogP contribution in [0.15, 0.2) is 36.7 Å². The summed E-state index contributed by atoms with van der Waals surface area (Å²) in [7, 11) is 1.83. The molecule has 0 aliphatic rings. The molecule has 102 valence electrons. The quantitative estimate of drug-likeness (QED) is 0.903. The molecule has 3 nitrogen and oxygen atoms in total. The third-order valence-electron chi connectivity index (χ3n) is 3.01. The van der Waals surface area contributed by atoms with Gasteiger partial charge in [-0.1, -0.05) is 18.2 Å². The van der Waals surface area contributed by atoms with Crippen molar-refractivity contribution in [1.29, 1.82) is 0 Å². The van der Waals surface area contributed by atoms with Crippen molar-refractivity contribution < 1.29 is 13.9 Å². The van der Waals surface area contributed by atoms with E-state index < -0.39 is 12.5 Å². The molecular formula is C14H16F2N2O. The summed E-state index contributed by atoms with van der Waals surface area (Å²) in [5.74, 6) is 0. The van der Waals surface area contributed by atoms with Crippen LogP contribution >= 0.6 is 0 Å². The molecule has 2 rings (SSSR count). The minimum Gasteiger partial charge on any atom is -0.388 e. The zero-order valence-corrected chi connectivity index (χ0v) is 10.6. The number of nitrogens with zero attached hydrogens (tertiary/aromatic N) is 2. The Morgan fingerprint density at radius 1 is 1.32 bits per heavy atom. The summed E-state index contributed by atoms with van der Waals surface area (Å²) in [6.07, 6.45) is 1.51. The van der Waals surface area contributed by atoms with Gasteiger partial charge in [-0.15, -0.1) is 0 Å². The van der Waals surface area contributed by atoms with Crippen molar-refractivity contribution in [1.82, 2.24) is 9.78 Å². The summed E-state index contributed by atoms with van der Waals surface area (Å²) in [6.45, 7) is 0. The first-order chi connectivity index (χ1) is 9.06. The maximum Gasteiger partial charge on any atom is 0.263 e. The number of aryl methyl sites for hydroxylation is 2. The monoisotopic (exact) mass is 266 g/mol. The van der Waals surface area contributed by atoms with E-state index in [1.165, 1.54) is 12.1 Å². The molecule has 0 radical (unpaired) electrons. The second kappa shape index (κ2) is 5.93. The molecule has 1 aromatic carbocycles. The van der Waals surface area contributed by atoms with Crippen LogP contribution in [0, 0.1) is 0 Å². The summed E-state index contributed by atoms with van der Waals surface area (Å²) in [5.41, 5.74) is 1.49. The van der Waals surface area contributed by atoms with Crippen molar-refractivity contribution in [3.63, 3.8) is 0 Å². The van der Waals surface area contributed by atoms with Crippen LogP contribution in [0.5, 0.6) is 0 Å². The molecule has 0 aliphatic heterocycles. The third-order valence-corrected chi connectivity index (χ3v) is 3.01. The Kier molecular flexibility index (Phi) is 4.27. The molecular weight excluding hydrogens is 250 g/mol. The second-order valence-electron chi connectivity index (χ2n) is 4.55. The summed E-state index contributed by atoms with van der Waals surface area (Å²) >= 11 is 0. The molecule has 1 N–H and O–H groups in total. The first-order valence-electron chi connectivity index (χ1n) is 6.10. The van der Waals surface area contributed by atoms with Crippen molar-refractivity contribution in [2.24, 2.45) is 7.05 Å². The van der Waals surface area contributed by atoms with E-state index in [1.807, 2.05) is 13.2 Å². The highest BCUT2D eigenvalue weighted by atomic mass is 19.3. The van der Waals surface area contributed by atoms with E-state index in [0.29, 0.717) is 18.4 Å². The summed E-state index contributed by atoms with van der Waals surface area (Å²) in [5, 5.41) is 14.1. The van der Waals surface area contributed by atoms with E-state index in [1.54, 1.807) is 23.0 Å². The van der Waals surface area contributed by atoms with E-state index in [4.69, 9.17) is 0 Å². The van der Waals surface area contributed by atoms with Gasteiger partial charge in [-0.05, 0) is 30.0 Å². The fourth-order valence-corrected chi connectivity index (χ4v) is 1.97. The number of benzene rings is 1. The lowest BCUT2D eigenvalue weighted by Crippen LogP contribution is -2.00. The van der Waals surface area contributed by atoms with Gasteiger partial charge in [-0.3, -0.25) is 4.68 Å². The number of hydrogen-bond acceptors (Lipinski definition) is 2. The fourth-order valence-electron chi connectivity index (χ4n) is 1.97. The minimum absolute atomic E-state index is 0.0575. The molecule has 0 saturated heterocycles. The Morgan fingerprint density at radius 2 is 2.05 bits per heavy atom. The highest BCUT2D eigenvalue weighted by molar-refractivity contribution is 5.26. The van der Waals surface area contributed by atoms with Crippen LogP contribution in [0.3, 0.4) is 0 Å². The molecule has 19 heavy (non-hydrogen) atoms. The molecule has 0 amide bonds. The largest absolute Gasteiger partial charge is 0.388 e. The summed E-state index contributed by atoms with van der Waals surface area (Å²) < 4.78 is 26.8. The zero-order valence-electron chi connectivity index (χ0n) is 10.6. The normalized spacial score (nSPS) is 12.9. The number of halogens is 2. The Labute approximate surface area is 110 Å². The van der Waals surface area contributed by atoms with Crippen molar-refractivity contribution in [3.05, 3.63) is 53.3 Å². The molecule has 2 aromatic rings. The number of hydrogen-bond donors (Lipinski definition) is 1. The maximum absolute atomic E-state index is 12.6. The molecule has 1 aromatic heterocycles. The number of alkyl halides is 2. The van der Waals surface area contributed by atoms with Gasteiger partial charge in [0.25, 0.3) is 6.43 Å². The van der Waals surface area contributed by atoms with Crippen LogP contribution in [0.1, 0.15) is 35.6 Å². The minimum atomic E-state index is -2.51.